The topological polar surface area (TPSA) is 78.4 Å². The van der Waals surface area contributed by atoms with Crippen LogP contribution in [-0.2, 0) is 16.6 Å². The number of nitrogens with one attached hydrogen (secondary N) is 2. The summed E-state index contributed by atoms with van der Waals surface area (Å²) in [5.74, 6) is 0.165. The number of halogens is 1. The molecule has 0 radical (unpaired) electrons. The molecule has 112 valence electrons. The zero-order chi connectivity index (χ0) is 15.5. The molecule has 0 heterocycles. The van der Waals surface area contributed by atoms with Crippen molar-refractivity contribution in [1.82, 2.24) is 0 Å². The molecule has 5 nitrogen and oxygen atoms in total. The maximum Gasteiger partial charge on any atom is 0.229 e. The number of benzene rings is 2. The minimum atomic E-state index is -3.34. The predicted molar refractivity (Wildman–Crippen MR) is 88.0 cm³/mol. The third-order valence-corrected chi connectivity index (χ3v) is 3.99. The van der Waals surface area contributed by atoms with E-state index in [0.717, 1.165) is 6.26 Å². The quantitative estimate of drug-likeness (QED) is 0.755. The molecule has 2 aromatic rings. The van der Waals surface area contributed by atoms with Gasteiger partial charge in [0.2, 0.25) is 10.0 Å². The van der Waals surface area contributed by atoms with Crippen LogP contribution in [0.15, 0.2) is 46.9 Å². The van der Waals surface area contributed by atoms with Crippen molar-refractivity contribution in [2.24, 2.45) is 0 Å². The number of sulfonamides is 1. The van der Waals surface area contributed by atoms with E-state index in [1.54, 1.807) is 36.4 Å². The van der Waals surface area contributed by atoms with Gasteiger partial charge < -0.3 is 10.4 Å². The summed E-state index contributed by atoms with van der Waals surface area (Å²) in [6.45, 7) is 0.369. The molecule has 3 N–H and O–H groups in total. The second-order valence-electron chi connectivity index (χ2n) is 4.52. The van der Waals surface area contributed by atoms with E-state index in [4.69, 9.17) is 0 Å². The Morgan fingerprint density at radius 2 is 1.76 bits per heavy atom. The number of hydrogen-bond donors (Lipinski definition) is 3. The van der Waals surface area contributed by atoms with Gasteiger partial charge in [-0.2, -0.15) is 0 Å². The predicted octanol–water partition coefficient (Wildman–Crippen LogP) is 3.14. The molecule has 0 amide bonds. The summed E-state index contributed by atoms with van der Waals surface area (Å²) in [5, 5.41) is 13.0. The summed E-state index contributed by atoms with van der Waals surface area (Å²) in [6, 6.07) is 12.3. The first-order valence-corrected chi connectivity index (χ1v) is 8.82. The lowest BCUT2D eigenvalue weighted by atomic mass is 10.2. The van der Waals surface area contributed by atoms with Crippen LogP contribution >= 0.6 is 15.9 Å². The van der Waals surface area contributed by atoms with Gasteiger partial charge in [-0.25, -0.2) is 8.42 Å². The number of para-hydroxylation sites is 3. The number of phenolic OH excluding ortho intramolecular Hbond substituents is 1. The maximum atomic E-state index is 11.3. The van der Waals surface area contributed by atoms with Gasteiger partial charge in [-0.05, 0) is 34.1 Å². The second-order valence-corrected chi connectivity index (χ2v) is 7.12. The van der Waals surface area contributed by atoms with Crippen LogP contribution in [0.3, 0.4) is 0 Å². The van der Waals surface area contributed by atoms with Crippen molar-refractivity contribution in [3.8, 4) is 5.75 Å². The van der Waals surface area contributed by atoms with Crippen molar-refractivity contribution in [1.29, 1.82) is 0 Å². The Morgan fingerprint density at radius 3 is 2.43 bits per heavy atom. The molecule has 0 unspecified atom stereocenters. The van der Waals surface area contributed by atoms with E-state index in [0.29, 0.717) is 28.0 Å². The first kappa shape index (κ1) is 15.7. The van der Waals surface area contributed by atoms with E-state index in [2.05, 4.69) is 26.0 Å². The molecule has 0 fully saturated rings. The van der Waals surface area contributed by atoms with Gasteiger partial charge in [-0.15, -0.1) is 0 Å². The summed E-state index contributed by atoms with van der Waals surface area (Å²) in [6.07, 6.45) is 1.10. The van der Waals surface area contributed by atoms with Gasteiger partial charge in [-0.3, -0.25) is 4.72 Å². The Hall–Kier alpha value is -1.73. The van der Waals surface area contributed by atoms with Crippen LogP contribution in [0.1, 0.15) is 5.56 Å². The van der Waals surface area contributed by atoms with Crippen molar-refractivity contribution < 1.29 is 13.5 Å². The van der Waals surface area contributed by atoms with Gasteiger partial charge in [0.1, 0.15) is 5.75 Å². The van der Waals surface area contributed by atoms with E-state index in [1.165, 1.54) is 0 Å². The van der Waals surface area contributed by atoms with Gasteiger partial charge >= 0.3 is 0 Å². The highest BCUT2D eigenvalue weighted by molar-refractivity contribution is 9.10. The van der Waals surface area contributed by atoms with Gasteiger partial charge in [0, 0.05) is 12.1 Å². The van der Waals surface area contributed by atoms with Crippen LogP contribution in [0.5, 0.6) is 5.75 Å². The second kappa shape index (κ2) is 6.36. The zero-order valence-corrected chi connectivity index (χ0v) is 13.7. The molecule has 0 spiro atoms. The molecule has 0 aliphatic heterocycles. The lowest BCUT2D eigenvalue weighted by Crippen LogP contribution is -2.12. The highest BCUT2D eigenvalue weighted by Gasteiger charge is 2.08. The largest absolute Gasteiger partial charge is 0.506 e. The molecule has 2 aromatic carbocycles. The Morgan fingerprint density at radius 1 is 1.10 bits per heavy atom. The molecular formula is C14H15BrN2O3S. The summed E-state index contributed by atoms with van der Waals surface area (Å²) >= 11 is 3.26. The average molecular weight is 371 g/mol. The molecule has 7 heteroatoms. The smallest absolute Gasteiger partial charge is 0.229 e. The standard InChI is InChI=1S/C14H15BrN2O3S/c1-21(19,20)17-13-8-3-2-7-12(13)16-9-10-5-4-6-11(15)14(10)18/h2-8,16-18H,9H2,1H3. The minimum absolute atomic E-state index is 0.165. The van der Waals surface area contributed by atoms with Crippen molar-refractivity contribution in [2.75, 3.05) is 16.3 Å². The van der Waals surface area contributed by atoms with E-state index in [9.17, 15) is 13.5 Å². The first-order valence-electron chi connectivity index (χ1n) is 6.14. The monoisotopic (exact) mass is 370 g/mol. The van der Waals surface area contributed by atoms with Crippen LogP contribution in [0.25, 0.3) is 0 Å². The summed E-state index contributed by atoms with van der Waals surface area (Å²) in [4.78, 5) is 0. The van der Waals surface area contributed by atoms with Gasteiger partial charge in [0.25, 0.3) is 0 Å². The molecule has 0 bridgehead atoms. The van der Waals surface area contributed by atoms with E-state index in [-0.39, 0.29) is 5.75 Å². The summed E-state index contributed by atoms with van der Waals surface area (Å²) in [7, 11) is -3.34. The molecule has 0 aromatic heterocycles. The Kier molecular flexibility index (Phi) is 4.74. The number of hydrogen-bond acceptors (Lipinski definition) is 4. The SMILES string of the molecule is CS(=O)(=O)Nc1ccccc1NCc1cccc(Br)c1O. The fraction of sp³-hybridized carbons (Fsp3) is 0.143. The van der Waals surface area contributed by atoms with Crippen LogP contribution in [-0.4, -0.2) is 19.8 Å². The third kappa shape index (κ3) is 4.37. The summed E-state index contributed by atoms with van der Waals surface area (Å²) in [5.41, 5.74) is 1.82. The Labute approximate surface area is 132 Å². The van der Waals surface area contributed by atoms with Gasteiger partial charge in [-0.1, -0.05) is 24.3 Å². The number of phenols is 1. The molecule has 0 atom stereocenters. The maximum absolute atomic E-state index is 11.3. The normalized spacial score (nSPS) is 11.1. The van der Waals surface area contributed by atoms with Crippen LogP contribution in [0, 0.1) is 0 Å². The van der Waals surface area contributed by atoms with Gasteiger partial charge in [0.05, 0.1) is 22.1 Å². The zero-order valence-electron chi connectivity index (χ0n) is 11.3. The van der Waals surface area contributed by atoms with E-state index >= 15 is 0 Å². The fourth-order valence-electron chi connectivity index (χ4n) is 1.82. The number of aromatic hydroxyl groups is 1. The Balaban J connectivity index is 2.19. The Bertz CT molecular complexity index is 748. The van der Waals surface area contributed by atoms with Crippen molar-refractivity contribution in [3.63, 3.8) is 0 Å². The van der Waals surface area contributed by atoms with Crippen LogP contribution < -0.4 is 10.0 Å². The van der Waals surface area contributed by atoms with Crippen LogP contribution in [0.4, 0.5) is 11.4 Å². The molecule has 0 saturated heterocycles. The molecule has 0 saturated carbocycles. The van der Waals surface area contributed by atoms with E-state index < -0.39 is 10.0 Å². The van der Waals surface area contributed by atoms with Crippen molar-refractivity contribution in [3.05, 3.63) is 52.5 Å². The lowest BCUT2D eigenvalue weighted by Gasteiger charge is -2.13. The molecule has 0 aliphatic rings. The molecule has 2 rings (SSSR count). The molecular weight excluding hydrogens is 356 g/mol. The number of anilines is 2. The first-order chi connectivity index (χ1) is 9.87. The fourth-order valence-corrected chi connectivity index (χ4v) is 2.80. The van der Waals surface area contributed by atoms with Crippen molar-refractivity contribution in [2.45, 2.75) is 6.54 Å². The highest BCUT2D eigenvalue weighted by atomic mass is 79.9. The lowest BCUT2D eigenvalue weighted by molar-refractivity contribution is 0.465. The third-order valence-electron chi connectivity index (χ3n) is 2.76. The van der Waals surface area contributed by atoms with E-state index in [1.807, 2.05) is 6.07 Å². The average Bonchev–Trinajstić information content (AvgIpc) is 2.40. The van der Waals surface area contributed by atoms with Crippen LogP contribution in [0.2, 0.25) is 0 Å². The van der Waals surface area contributed by atoms with Gasteiger partial charge in [0.15, 0.2) is 0 Å². The van der Waals surface area contributed by atoms with Crippen molar-refractivity contribution >= 4 is 37.3 Å². The summed E-state index contributed by atoms with van der Waals surface area (Å²) < 4.78 is 25.7. The minimum Gasteiger partial charge on any atom is -0.506 e. The molecule has 0 aliphatic carbocycles. The highest BCUT2D eigenvalue weighted by Crippen LogP contribution is 2.29. The molecule has 21 heavy (non-hydrogen) atoms. The number of rotatable bonds is 5.